The highest BCUT2D eigenvalue weighted by molar-refractivity contribution is 7.85. The fourth-order valence-electron chi connectivity index (χ4n) is 3.79. The van der Waals surface area contributed by atoms with Crippen molar-refractivity contribution in [3.05, 3.63) is 60.2 Å². The Hall–Kier alpha value is -2.34. The van der Waals surface area contributed by atoms with E-state index in [4.69, 9.17) is 0 Å². The molecule has 1 unspecified atom stereocenters. The Morgan fingerprint density at radius 1 is 1.06 bits per heavy atom. The van der Waals surface area contributed by atoms with E-state index in [1.807, 2.05) is 30.3 Å². The molecule has 1 heterocycles. The summed E-state index contributed by atoms with van der Waals surface area (Å²) in [6.07, 6.45) is 2.13. The van der Waals surface area contributed by atoms with E-state index in [9.17, 15) is 4.21 Å². The highest BCUT2D eigenvalue weighted by atomic mass is 32.2. The third-order valence-corrected chi connectivity index (χ3v) is 7.12. The number of nitrogens with one attached hydrogen (secondary N) is 2. The summed E-state index contributed by atoms with van der Waals surface area (Å²) in [7, 11) is 0.793. The summed E-state index contributed by atoms with van der Waals surface area (Å²) in [5.74, 6) is 1.35. The molecule has 1 atom stereocenters. The topological polar surface area (TPSA) is 56.7 Å². The van der Waals surface area contributed by atoms with E-state index in [0.717, 1.165) is 36.8 Å². The number of piperidine rings is 1. The van der Waals surface area contributed by atoms with Crippen LogP contribution in [0.2, 0.25) is 0 Å². The van der Waals surface area contributed by atoms with Crippen molar-refractivity contribution < 1.29 is 4.21 Å². The molecular formula is C25H36N4OS. The number of rotatable bonds is 6. The second-order valence-electron chi connectivity index (χ2n) is 9.06. The summed E-state index contributed by atoms with van der Waals surface area (Å²) < 4.78 is 12.4. The molecule has 168 valence electrons. The van der Waals surface area contributed by atoms with Gasteiger partial charge in [0.2, 0.25) is 0 Å². The number of guanidine groups is 1. The predicted molar refractivity (Wildman–Crippen MR) is 133 cm³/mol. The second kappa shape index (κ2) is 10.8. The molecule has 0 bridgehead atoms. The second-order valence-corrected chi connectivity index (χ2v) is 10.6. The van der Waals surface area contributed by atoms with Gasteiger partial charge in [0.15, 0.2) is 5.96 Å². The minimum Gasteiger partial charge on any atom is -0.371 e. The molecule has 1 saturated heterocycles. The van der Waals surface area contributed by atoms with Crippen LogP contribution in [0.5, 0.6) is 0 Å². The van der Waals surface area contributed by atoms with Crippen molar-refractivity contribution in [2.45, 2.75) is 50.0 Å². The van der Waals surface area contributed by atoms with E-state index in [0.29, 0.717) is 18.3 Å². The van der Waals surface area contributed by atoms with E-state index in [1.54, 1.807) is 7.05 Å². The molecule has 3 rings (SSSR count). The average molecular weight is 441 g/mol. The van der Waals surface area contributed by atoms with Gasteiger partial charge in [0, 0.05) is 49.1 Å². The quantitative estimate of drug-likeness (QED) is 0.528. The molecule has 0 spiro atoms. The van der Waals surface area contributed by atoms with Crippen LogP contribution >= 0.6 is 0 Å². The molecule has 1 fully saturated rings. The maximum Gasteiger partial charge on any atom is 0.191 e. The van der Waals surface area contributed by atoms with Crippen molar-refractivity contribution in [2.75, 3.05) is 37.3 Å². The average Bonchev–Trinajstić information content (AvgIpc) is 2.79. The summed E-state index contributed by atoms with van der Waals surface area (Å²) in [4.78, 5) is 7.68. The molecule has 0 aliphatic carbocycles. The van der Waals surface area contributed by atoms with Crippen molar-refractivity contribution in [3.8, 4) is 0 Å². The lowest BCUT2D eigenvalue weighted by atomic mass is 9.87. The van der Waals surface area contributed by atoms with Crippen LogP contribution in [0.25, 0.3) is 0 Å². The van der Waals surface area contributed by atoms with Crippen LogP contribution in [0, 0.1) is 0 Å². The number of nitrogens with zero attached hydrogens (tertiary/aromatic N) is 2. The molecule has 1 aliphatic heterocycles. The molecule has 6 heteroatoms. The van der Waals surface area contributed by atoms with Gasteiger partial charge in [0.1, 0.15) is 0 Å². The van der Waals surface area contributed by atoms with E-state index < -0.39 is 10.8 Å². The zero-order valence-corrected chi connectivity index (χ0v) is 20.0. The molecule has 0 aromatic heterocycles. The Kier molecular flexibility index (Phi) is 8.13. The van der Waals surface area contributed by atoms with E-state index in [-0.39, 0.29) is 5.41 Å². The fourth-order valence-corrected chi connectivity index (χ4v) is 4.78. The molecule has 31 heavy (non-hydrogen) atoms. The molecule has 5 nitrogen and oxygen atoms in total. The van der Waals surface area contributed by atoms with E-state index in [1.165, 1.54) is 11.3 Å². The lowest BCUT2D eigenvalue weighted by molar-refractivity contribution is 0.462. The first kappa shape index (κ1) is 23.3. The lowest BCUT2D eigenvalue weighted by Crippen LogP contribution is -2.49. The molecule has 0 radical (unpaired) electrons. The van der Waals surface area contributed by atoms with E-state index in [2.05, 4.69) is 65.6 Å². The van der Waals surface area contributed by atoms with Crippen molar-refractivity contribution in [3.63, 3.8) is 0 Å². The smallest absolute Gasteiger partial charge is 0.191 e. The van der Waals surface area contributed by atoms with E-state index >= 15 is 0 Å². The van der Waals surface area contributed by atoms with Crippen LogP contribution < -0.4 is 15.5 Å². The first-order valence-corrected chi connectivity index (χ1v) is 12.4. The third kappa shape index (κ3) is 6.82. The third-order valence-electron chi connectivity index (χ3n) is 5.74. The maximum atomic E-state index is 12.4. The Balaban J connectivity index is 1.42. The Morgan fingerprint density at radius 2 is 1.71 bits per heavy atom. The van der Waals surface area contributed by atoms with Gasteiger partial charge in [-0.25, -0.2) is 0 Å². The van der Waals surface area contributed by atoms with Gasteiger partial charge in [-0.15, -0.1) is 0 Å². The molecule has 2 N–H and O–H groups in total. The summed E-state index contributed by atoms with van der Waals surface area (Å²) in [6, 6.07) is 19.0. The molecule has 1 aliphatic rings. The van der Waals surface area contributed by atoms with Crippen molar-refractivity contribution >= 4 is 22.4 Å². The fraction of sp³-hybridized carbons (Fsp3) is 0.480. The molecular weight excluding hydrogens is 404 g/mol. The van der Waals surface area contributed by atoms with Crippen LogP contribution in [-0.2, 0) is 16.2 Å². The van der Waals surface area contributed by atoms with Gasteiger partial charge in [-0.05, 0) is 48.1 Å². The monoisotopic (exact) mass is 440 g/mol. The summed E-state index contributed by atoms with van der Waals surface area (Å²) >= 11 is 0. The summed E-state index contributed by atoms with van der Waals surface area (Å²) in [5.41, 5.74) is 2.86. The summed E-state index contributed by atoms with van der Waals surface area (Å²) in [5, 5.41) is 6.85. The number of aliphatic imine (C=N–C) groups is 1. The summed E-state index contributed by atoms with van der Waals surface area (Å²) in [6.45, 7) is 9.43. The minimum absolute atomic E-state index is 0.187. The van der Waals surface area contributed by atoms with Crippen molar-refractivity contribution in [1.82, 2.24) is 10.6 Å². The molecule has 2 aromatic carbocycles. The van der Waals surface area contributed by atoms with Crippen LogP contribution in [0.4, 0.5) is 5.69 Å². The highest BCUT2D eigenvalue weighted by Gasteiger charge is 2.21. The molecule has 0 amide bonds. The molecule has 0 saturated carbocycles. The Labute approximate surface area is 189 Å². The standard InChI is InChI=1S/C25H36N4OS/c1-25(2,3)20-10-12-22(13-11-20)29-17-14-21(15-18-29)28-24(26-4)27-16-19-31(30)23-8-6-5-7-9-23/h5-13,21H,14-19H2,1-4H3,(H2,26,27,28). The number of hydrogen-bond donors (Lipinski definition) is 2. The molecule has 2 aromatic rings. The number of benzene rings is 2. The zero-order valence-electron chi connectivity index (χ0n) is 19.2. The maximum absolute atomic E-state index is 12.4. The normalized spacial score (nSPS) is 16.8. The number of hydrogen-bond acceptors (Lipinski definition) is 3. The van der Waals surface area contributed by atoms with Gasteiger partial charge < -0.3 is 15.5 Å². The Morgan fingerprint density at radius 3 is 2.29 bits per heavy atom. The van der Waals surface area contributed by atoms with Gasteiger partial charge in [-0.3, -0.25) is 9.20 Å². The first-order chi connectivity index (χ1) is 14.9. The van der Waals surface area contributed by atoms with Gasteiger partial charge in [0.25, 0.3) is 0 Å². The van der Waals surface area contributed by atoms with Gasteiger partial charge >= 0.3 is 0 Å². The SMILES string of the molecule is CN=C(NCCS(=O)c1ccccc1)NC1CCN(c2ccc(C(C)(C)C)cc2)CC1. The van der Waals surface area contributed by atoms with Gasteiger partial charge in [0.05, 0.1) is 10.8 Å². The van der Waals surface area contributed by atoms with Crippen molar-refractivity contribution in [1.29, 1.82) is 0 Å². The largest absolute Gasteiger partial charge is 0.371 e. The van der Waals surface area contributed by atoms with Crippen LogP contribution in [0.3, 0.4) is 0 Å². The highest BCUT2D eigenvalue weighted by Crippen LogP contribution is 2.26. The van der Waals surface area contributed by atoms with Gasteiger partial charge in [-0.2, -0.15) is 0 Å². The van der Waals surface area contributed by atoms with Crippen molar-refractivity contribution in [2.24, 2.45) is 4.99 Å². The van der Waals surface area contributed by atoms with Crippen LogP contribution in [0.1, 0.15) is 39.2 Å². The number of anilines is 1. The minimum atomic E-state index is -0.994. The van der Waals surface area contributed by atoms with Crippen LogP contribution in [-0.4, -0.2) is 48.6 Å². The Bertz CT molecular complexity index is 867. The lowest BCUT2D eigenvalue weighted by Gasteiger charge is -2.35. The first-order valence-electron chi connectivity index (χ1n) is 11.1. The zero-order chi connectivity index (χ0) is 22.3. The van der Waals surface area contributed by atoms with Gasteiger partial charge in [-0.1, -0.05) is 51.1 Å². The predicted octanol–water partition coefficient (Wildman–Crippen LogP) is 3.93. The van der Waals surface area contributed by atoms with Crippen LogP contribution in [0.15, 0.2) is 64.5 Å².